The molecule has 0 saturated carbocycles. The van der Waals surface area contributed by atoms with Gasteiger partial charge in [-0.25, -0.2) is 4.79 Å². The van der Waals surface area contributed by atoms with E-state index in [1.54, 1.807) is 0 Å². The Hall–Kier alpha value is -1.14. The summed E-state index contributed by atoms with van der Waals surface area (Å²) in [6.07, 6.45) is 2.96. The van der Waals surface area contributed by atoms with Gasteiger partial charge in [0.05, 0.1) is 0 Å². The standard InChI is InChI=1S/C12H21NO5/c14-8-4-2-1-3-7-13-11(15)9-5-6-10(18-9)12(16)17/h9-10,14H,1-8H2,(H,13,15)(H,16,17)/t9-,10+/m0/s1. The second kappa shape index (κ2) is 8.05. The van der Waals surface area contributed by atoms with Gasteiger partial charge in [-0.3, -0.25) is 4.79 Å². The SMILES string of the molecule is O=C(NCCCCCCO)[C@@H]1CC[C@H](C(=O)O)O1. The molecule has 0 unspecified atom stereocenters. The van der Waals surface area contributed by atoms with Gasteiger partial charge in [-0.05, 0) is 25.7 Å². The number of carboxylic acid groups (broad SMARTS) is 1. The maximum Gasteiger partial charge on any atom is 0.332 e. The molecule has 1 fully saturated rings. The molecule has 1 rings (SSSR count). The number of nitrogens with one attached hydrogen (secondary N) is 1. The van der Waals surface area contributed by atoms with Crippen molar-refractivity contribution in [3.63, 3.8) is 0 Å². The maximum atomic E-state index is 11.6. The molecule has 0 aliphatic carbocycles. The molecule has 0 spiro atoms. The van der Waals surface area contributed by atoms with E-state index in [0.717, 1.165) is 25.7 Å². The van der Waals surface area contributed by atoms with Crippen LogP contribution in [0.25, 0.3) is 0 Å². The first-order chi connectivity index (χ1) is 8.65. The van der Waals surface area contributed by atoms with Crippen LogP contribution in [-0.4, -0.2) is 47.4 Å². The molecule has 1 amide bonds. The lowest BCUT2D eigenvalue weighted by molar-refractivity contribution is -0.151. The zero-order valence-corrected chi connectivity index (χ0v) is 10.4. The van der Waals surface area contributed by atoms with E-state index in [9.17, 15) is 9.59 Å². The van der Waals surface area contributed by atoms with Gasteiger partial charge in [0.2, 0.25) is 5.91 Å². The van der Waals surface area contributed by atoms with Crippen LogP contribution in [0.5, 0.6) is 0 Å². The van der Waals surface area contributed by atoms with Crippen molar-refractivity contribution in [2.45, 2.75) is 50.7 Å². The molecule has 3 N–H and O–H groups in total. The predicted octanol–water partition coefficient (Wildman–Crippen LogP) is 0.287. The number of carbonyl (C=O) groups is 2. The molecule has 1 heterocycles. The average Bonchev–Trinajstić information content (AvgIpc) is 2.83. The third kappa shape index (κ3) is 5.01. The smallest absolute Gasteiger partial charge is 0.332 e. The fourth-order valence-electron chi connectivity index (χ4n) is 1.93. The van der Waals surface area contributed by atoms with E-state index in [1.807, 2.05) is 0 Å². The Morgan fingerprint density at radius 1 is 1.11 bits per heavy atom. The van der Waals surface area contributed by atoms with Gasteiger partial charge in [0, 0.05) is 13.2 Å². The molecule has 1 aliphatic heterocycles. The van der Waals surface area contributed by atoms with Crippen LogP contribution in [0, 0.1) is 0 Å². The zero-order chi connectivity index (χ0) is 13.4. The molecular weight excluding hydrogens is 238 g/mol. The molecule has 0 aromatic rings. The van der Waals surface area contributed by atoms with E-state index in [0.29, 0.717) is 19.4 Å². The molecule has 104 valence electrons. The number of carboxylic acids is 1. The van der Waals surface area contributed by atoms with Gasteiger partial charge in [0.25, 0.3) is 0 Å². The Labute approximate surface area is 106 Å². The van der Waals surface area contributed by atoms with Gasteiger partial charge in [-0.15, -0.1) is 0 Å². The molecule has 0 bridgehead atoms. The summed E-state index contributed by atoms with van der Waals surface area (Å²) in [5.41, 5.74) is 0. The number of aliphatic hydroxyl groups excluding tert-OH is 1. The van der Waals surface area contributed by atoms with Crippen LogP contribution >= 0.6 is 0 Å². The third-order valence-corrected chi connectivity index (χ3v) is 2.97. The molecule has 18 heavy (non-hydrogen) atoms. The average molecular weight is 259 g/mol. The highest BCUT2D eigenvalue weighted by Gasteiger charge is 2.34. The molecule has 1 aliphatic rings. The van der Waals surface area contributed by atoms with Crippen LogP contribution < -0.4 is 5.32 Å². The van der Waals surface area contributed by atoms with Crippen LogP contribution in [0.3, 0.4) is 0 Å². The molecule has 0 aromatic heterocycles. The molecule has 0 aromatic carbocycles. The van der Waals surface area contributed by atoms with Crippen LogP contribution in [-0.2, 0) is 14.3 Å². The molecule has 6 heteroatoms. The minimum atomic E-state index is -1.01. The number of hydrogen-bond acceptors (Lipinski definition) is 4. The Morgan fingerprint density at radius 2 is 1.78 bits per heavy atom. The van der Waals surface area contributed by atoms with Gasteiger partial charge in [0.15, 0.2) is 6.10 Å². The number of aliphatic hydroxyl groups is 1. The second-order valence-electron chi connectivity index (χ2n) is 4.46. The normalized spacial score (nSPS) is 22.9. The van der Waals surface area contributed by atoms with Crippen molar-refractivity contribution < 1.29 is 24.5 Å². The van der Waals surface area contributed by atoms with Crippen molar-refractivity contribution in [2.24, 2.45) is 0 Å². The van der Waals surface area contributed by atoms with E-state index >= 15 is 0 Å². The Kier molecular flexibility index (Phi) is 6.67. The predicted molar refractivity (Wildman–Crippen MR) is 64.1 cm³/mol. The highest BCUT2D eigenvalue weighted by molar-refractivity contribution is 5.82. The summed E-state index contributed by atoms with van der Waals surface area (Å²) in [4.78, 5) is 22.3. The van der Waals surface area contributed by atoms with E-state index in [-0.39, 0.29) is 12.5 Å². The fraction of sp³-hybridized carbons (Fsp3) is 0.833. The summed E-state index contributed by atoms with van der Waals surface area (Å²) in [5, 5.41) is 20.1. The number of amides is 1. The van der Waals surface area contributed by atoms with Crippen LogP contribution in [0.15, 0.2) is 0 Å². The van der Waals surface area contributed by atoms with E-state index in [4.69, 9.17) is 14.9 Å². The van der Waals surface area contributed by atoms with Gasteiger partial charge in [-0.2, -0.15) is 0 Å². The number of aliphatic carboxylic acids is 1. The summed E-state index contributed by atoms with van der Waals surface area (Å²) < 4.78 is 5.14. The number of ether oxygens (including phenoxy) is 1. The molecular formula is C12H21NO5. The summed E-state index contributed by atoms with van der Waals surface area (Å²) in [7, 11) is 0. The van der Waals surface area contributed by atoms with Gasteiger partial charge >= 0.3 is 5.97 Å². The number of hydrogen-bond donors (Lipinski definition) is 3. The summed E-state index contributed by atoms with van der Waals surface area (Å²) >= 11 is 0. The van der Waals surface area contributed by atoms with Crippen molar-refractivity contribution in [3.8, 4) is 0 Å². The first-order valence-electron chi connectivity index (χ1n) is 6.42. The van der Waals surface area contributed by atoms with Gasteiger partial charge in [0.1, 0.15) is 6.10 Å². The molecule has 1 saturated heterocycles. The van der Waals surface area contributed by atoms with Crippen LogP contribution in [0.1, 0.15) is 38.5 Å². The summed E-state index contributed by atoms with van der Waals surface area (Å²) in [5.74, 6) is -1.23. The highest BCUT2D eigenvalue weighted by atomic mass is 16.5. The second-order valence-corrected chi connectivity index (χ2v) is 4.46. The monoisotopic (exact) mass is 259 g/mol. The molecule has 0 radical (unpaired) electrons. The largest absolute Gasteiger partial charge is 0.479 e. The summed E-state index contributed by atoms with van der Waals surface area (Å²) in [6, 6.07) is 0. The highest BCUT2D eigenvalue weighted by Crippen LogP contribution is 2.19. The minimum Gasteiger partial charge on any atom is -0.479 e. The lowest BCUT2D eigenvalue weighted by Gasteiger charge is -2.11. The van der Waals surface area contributed by atoms with E-state index in [1.165, 1.54) is 0 Å². The Morgan fingerprint density at radius 3 is 2.39 bits per heavy atom. The fourth-order valence-corrected chi connectivity index (χ4v) is 1.93. The van der Waals surface area contributed by atoms with Crippen molar-refractivity contribution in [1.82, 2.24) is 5.32 Å². The van der Waals surface area contributed by atoms with Crippen LogP contribution in [0.2, 0.25) is 0 Å². The molecule has 6 nitrogen and oxygen atoms in total. The quantitative estimate of drug-likeness (QED) is 0.544. The zero-order valence-electron chi connectivity index (χ0n) is 10.4. The van der Waals surface area contributed by atoms with Crippen molar-refractivity contribution in [1.29, 1.82) is 0 Å². The van der Waals surface area contributed by atoms with E-state index in [2.05, 4.69) is 5.32 Å². The van der Waals surface area contributed by atoms with Gasteiger partial charge in [-0.1, -0.05) is 12.8 Å². The number of rotatable bonds is 8. The Bertz CT molecular complexity index is 282. The van der Waals surface area contributed by atoms with E-state index < -0.39 is 18.2 Å². The van der Waals surface area contributed by atoms with Crippen LogP contribution in [0.4, 0.5) is 0 Å². The minimum absolute atomic E-state index is 0.207. The number of carbonyl (C=O) groups excluding carboxylic acids is 1. The first kappa shape index (κ1) is 14.9. The number of unbranched alkanes of at least 4 members (excludes halogenated alkanes) is 3. The molecule has 2 atom stereocenters. The van der Waals surface area contributed by atoms with Crippen molar-refractivity contribution >= 4 is 11.9 Å². The lowest BCUT2D eigenvalue weighted by Crippen LogP contribution is -2.36. The summed E-state index contributed by atoms with van der Waals surface area (Å²) in [6.45, 7) is 0.778. The maximum absolute atomic E-state index is 11.6. The van der Waals surface area contributed by atoms with Gasteiger partial charge < -0.3 is 20.3 Å². The topological polar surface area (TPSA) is 95.9 Å². The first-order valence-corrected chi connectivity index (χ1v) is 6.42. The Balaban J connectivity index is 2.09. The lowest BCUT2D eigenvalue weighted by atomic mass is 10.2. The third-order valence-electron chi connectivity index (χ3n) is 2.97. The van der Waals surface area contributed by atoms with Crippen molar-refractivity contribution in [3.05, 3.63) is 0 Å². The van der Waals surface area contributed by atoms with Crippen molar-refractivity contribution in [2.75, 3.05) is 13.2 Å².